The molecule has 63 heavy (non-hydrogen) atoms. The highest BCUT2D eigenvalue weighted by atomic mass is 16.8. The molecule has 7 rings (SSSR count). The molecule has 0 aromatic carbocycles. The number of carboxylic acid groups (broad SMARTS) is 1. The second-order valence-electron chi connectivity index (χ2n) is 20.9. The molecule has 16 nitrogen and oxygen atoms in total. The highest BCUT2D eigenvalue weighted by molar-refractivity contribution is 5.68. The zero-order valence-corrected chi connectivity index (χ0v) is 40.1. The maximum atomic E-state index is 12.2. The molecule has 0 bridgehead atoms. The van der Waals surface area contributed by atoms with Gasteiger partial charge in [0.1, 0.15) is 11.2 Å². The molecule has 7 heterocycles. The van der Waals surface area contributed by atoms with E-state index in [0.717, 1.165) is 32.1 Å². The van der Waals surface area contributed by atoms with Crippen LogP contribution in [0.2, 0.25) is 0 Å². The van der Waals surface area contributed by atoms with Gasteiger partial charge in [-0.25, -0.2) is 0 Å². The smallest absolute Gasteiger partial charge is 0.308 e. The molecule has 23 atom stereocenters. The third kappa shape index (κ3) is 9.04. The Kier molecular flexibility index (Phi) is 14.8. The normalized spacial score (nSPS) is 54.2. The van der Waals surface area contributed by atoms with Crippen molar-refractivity contribution in [3.05, 3.63) is 0 Å². The van der Waals surface area contributed by atoms with Crippen LogP contribution in [0.5, 0.6) is 0 Å². The van der Waals surface area contributed by atoms with E-state index in [1.165, 1.54) is 7.11 Å². The van der Waals surface area contributed by atoms with Crippen molar-refractivity contribution >= 4 is 5.97 Å². The summed E-state index contributed by atoms with van der Waals surface area (Å²) < 4.78 is 78.7. The summed E-state index contributed by atoms with van der Waals surface area (Å²) >= 11 is 0. The van der Waals surface area contributed by atoms with Gasteiger partial charge in [0.15, 0.2) is 23.7 Å². The first kappa shape index (κ1) is 49.8. The van der Waals surface area contributed by atoms with E-state index in [-0.39, 0.29) is 78.9 Å². The van der Waals surface area contributed by atoms with Crippen molar-refractivity contribution in [3.63, 3.8) is 0 Å². The topological polar surface area (TPSA) is 189 Å². The standard InChI is InChI=1S/C47H80O16/c1-24-20-25(2)45(9,50)62-40(24)34-15-14-32(57-34)33-16-18-36(58-33)44(8)42(55-13)28(5)47(63-44)26(3)35(53-11)21-30(59-47)22-37-43(7,61-39-19-17-31(52-10)29(6)56-39)41(54-12)27(4)46(51,60-37)23-38(48)49/h24-37,39-42,50-51H,14-23H2,1-13H3,(H,48,49)/t24-,25+,26+,27-,28+,29+,30-,31-,32+,33-,34+,35+,36+,37-,39-,40-,41-,42+,43-,44+,45-,46+,47?/m0/s1. The van der Waals surface area contributed by atoms with E-state index >= 15 is 0 Å². The van der Waals surface area contributed by atoms with Gasteiger partial charge in [0, 0.05) is 71.4 Å². The maximum absolute atomic E-state index is 12.2. The number of carboxylic acids is 1. The zero-order valence-electron chi connectivity index (χ0n) is 40.1. The minimum absolute atomic E-state index is 0.0395. The number of methoxy groups -OCH3 is 4. The van der Waals surface area contributed by atoms with E-state index in [1.807, 2.05) is 20.8 Å². The van der Waals surface area contributed by atoms with Crippen molar-refractivity contribution in [3.8, 4) is 0 Å². The molecule has 7 saturated heterocycles. The first-order valence-electron chi connectivity index (χ1n) is 23.7. The predicted molar refractivity (Wildman–Crippen MR) is 226 cm³/mol. The fourth-order valence-electron chi connectivity index (χ4n) is 13.1. The van der Waals surface area contributed by atoms with E-state index in [9.17, 15) is 20.1 Å². The summed E-state index contributed by atoms with van der Waals surface area (Å²) in [5.74, 6) is -6.67. The number of rotatable bonds is 13. The van der Waals surface area contributed by atoms with E-state index in [4.69, 9.17) is 56.8 Å². The number of hydrogen-bond acceptors (Lipinski definition) is 15. The van der Waals surface area contributed by atoms with Crippen molar-refractivity contribution in [2.45, 2.75) is 235 Å². The van der Waals surface area contributed by atoms with Crippen molar-refractivity contribution in [2.75, 3.05) is 28.4 Å². The Morgan fingerprint density at radius 2 is 1.33 bits per heavy atom. The molecule has 1 spiro atoms. The fourth-order valence-corrected chi connectivity index (χ4v) is 13.1. The minimum Gasteiger partial charge on any atom is -0.481 e. The summed E-state index contributed by atoms with van der Waals surface area (Å²) in [6.45, 7) is 17.8. The van der Waals surface area contributed by atoms with Crippen LogP contribution in [0.3, 0.4) is 0 Å². The summed E-state index contributed by atoms with van der Waals surface area (Å²) in [4.78, 5) is 12.2. The molecule has 0 aromatic rings. The Labute approximate surface area is 374 Å². The van der Waals surface area contributed by atoms with E-state index < -0.39 is 77.6 Å². The number of aliphatic carboxylic acids is 1. The van der Waals surface area contributed by atoms with Crippen LogP contribution in [0, 0.1) is 29.6 Å². The molecule has 0 amide bonds. The first-order valence-corrected chi connectivity index (χ1v) is 23.7. The third-order valence-corrected chi connectivity index (χ3v) is 16.9. The Bertz CT molecular complexity index is 1570. The lowest BCUT2D eigenvalue weighted by atomic mass is 9.73. The van der Waals surface area contributed by atoms with Gasteiger partial charge < -0.3 is 72.2 Å². The average molecular weight is 901 g/mol. The Morgan fingerprint density at radius 3 is 1.97 bits per heavy atom. The Balaban J connectivity index is 1.11. The van der Waals surface area contributed by atoms with Crippen LogP contribution in [0.1, 0.15) is 127 Å². The predicted octanol–water partition coefficient (Wildman–Crippen LogP) is 5.35. The molecule has 0 aliphatic carbocycles. The quantitative estimate of drug-likeness (QED) is 0.215. The van der Waals surface area contributed by atoms with Gasteiger partial charge in [-0.3, -0.25) is 4.79 Å². The van der Waals surface area contributed by atoms with Gasteiger partial charge in [-0.15, -0.1) is 0 Å². The molecule has 1 unspecified atom stereocenters. The van der Waals surface area contributed by atoms with Gasteiger partial charge in [0.2, 0.25) is 0 Å². The zero-order chi connectivity index (χ0) is 46.0. The number of hydrogen-bond donors (Lipinski definition) is 3. The first-order chi connectivity index (χ1) is 29.6. The molecule has 16 heteroatoms. The number of aliphatic hydroxyl groups is 2. The molecular weight excluding hydrogens is 821 g/mol. The lowest BCUT2D eigenvalue weighted by Gasteiger charge is -2.57. The van der Waals surface area contributed by atoms with Crippen molar-refractivity contribution in [1.29, 1.82) is 0 Å². The van der Waals surface area contributed by atoms with Gasteiger partial charge in [-0.1, -0.05) is 34.6 Å². The van der Waals surface area contributed by atoms with Crippen molar-refractivity contribution in [1.82, 2.24) is 0 Å². The highest BCUT2D eigenvalue weighted by Gasteiger charge is 2.69. The second kappa shape index (κ2) is 18.8. The molecule has 0 radical (unpaired) electrons. The van der Waals surface area contributed by atoms with Crippen LogP contribution in [0.4, 0.5) is 0 Å². The Hall–Kier alpha value is -1.09. The molecule has 0 saturated carbocycles. The summed E-state index contributed by atoms with van der Waals surface area (Å²) in [5.41, 5.74) is -2.14. The maximum Gasteiger partial charge on any atom is 0.308 e. The van der Waals surface area contributed by atoms with Crippen LogP contribution >= 0.6 is 0 Å². The third-order valence-electron chi connectivity index (χ3n) is 16.9. The van der Waals surface area contributed by atoms with E-state index in [2.05, 4.69) is 27.7 Å². The van der Waals surface area contributed by atoms with E-state index in [1.54, 1.807) is 35.2 Å². The second-order valence-corrected chi connectivity index (χ2v) is 20.9. The van der Waals surface area contributed by atoms with Crippen LogP contribution in [0.25, 0.3) is 0 Å². The van der Waals surface area contributed by atoms with Gasteiger partial charge in [0.05, 0.1) is 79.7 Å². The molecular formula is C47H80O16. The number of ether oxygens (including phenoxy) is 12. The molecule has 7 aliphatic heterocycles. The summed E-state index contributed by atoms with van der Waals surface area (Å²) in [5, 5.41) is 32.9. The van der Waals surface area contributed by atoms with Gasteiger partial charge in [-0.2, -0.15) is 0 Å². The van der Waals surface area contributed by atoms with Crippen LogP contribution in [-0.2, 0) is 61.6 Å². The highest BCUT2D eigenvalue weighted by Crippen LogP contribution is 2.57. The molecule has 7 fully saturated rings. The largest absolute Gasteiger partial charge is 0.481 e. The molecule has 0 aromatic heterocycles. The van der Waals surface area contributed by atoms with Gasteiger partial charge in [0.25, 0.3) is 0 Å². The van der Waals surface area contributed by atoms with Gasteiger partial charge in [-0.05, 0) is 72.1 Å². The van der Waals surface area contributed by atoms with Crippen molar-refractivity contribution in [2.24, 2.45) is 29.6 Å². The number of carbonyl (C=O) groups is 1. The summed E-state index contributed by atoms with van der Waals surface area (Å²) in [6.07, 6.45) is 0.506. The molecule has 364 valence electrons. The summed E-state index contributed by atoms with van der Waals surface area (Å²) in [6, 6.07) is 0. The van der Waals surface area contributed by atoms with Gasteiger partial charge >= 0.3 is 5.97 Å². The summed E-state index contributed by atoms with van der Waals surface area (Å²) in [7, 11) is 6.60. The van der Waals surface area contributed by atoms with Crippen molar-refractivity contribution < 1.29 is 77.0 Å². The average Bonchev–Trinajstić information content (AvgIpc) is 3.95. The SMILES string of the molecule is CO[C@H]1CC[C@H](O[C@@]2(C)[C@H](C[C@@H]3C[C@@H](OC)[C@@H](C)C4(O3)O[C@](C)([C@H]3CC[C@@H]([C@H]5CC[C@H]([C@H]6O[C@](C)(O)[C@H](C)C[C@@H]6C)O5)O3)[C@H](OC)[C@H]4C)O[C@](O)(CC(=O)O)[C@@H](C)[C@@H]2OC)O[C@@H]1C. The van der Waals surface area contributed by atoms with Crippen LogP contribution < -0.4 is 0 Å². The lowest BCUT2D eigenvalue weighted by Crippen LogP contribution is -2.70. The lowest BCUT2D eigenvalue weighted by molar-refractivity contribution is -0.395. The van der Waals surface area contributed by atoms with Crippen LogP contribution in [-0.4, -0.2) is 158 Å². The molecule has 3 N–H and O–H groups in total. The Morgan fingerprint density at radius 1 is 0.683 bits per heavy atom. The monoisotopic (exact) mass is 901 g/mol. The van der Waals surface area contributed by atoms with Crippen LogP contribution in [0.15, 0.2) is 0 Å². The minimum atomic E-state index is -2.07. The fraction of sp³-hybridized carbons (Fsp3) is 0.979. The van der Waals surface area contributed by atoms with E-state index in [0.29, 0.717) is 19.3 Å². The molecule has 7 aliphatic rings.